The van der Waals surface area contributed by atoms with Gasteiger partial charge in [-0.15, -0.1) is 0 Å². The Hall–Kier alpha value is -2.67. The van der Waals surface area contributed by atoms with E-state index in [9.17, 15) is 9.18 Å². The highest BCUT2D eigenvalue weighted by Gasteiger charge is 2.08. The number of carbonyl (C=O) groups excluding carboxylic acids is 1. The van der Waals surface area contributed by atoms with E-state index in [4.69, 9.17) is 17.0 Å². The average Bonchev–Trinajstić information content (AvgIpc) is 2.61. The largest absolute Gasteiger partial charge is 0.483 e. The fourth-order valence-electron chi connectivity index (χ4n) is 2.15. The Morgan fingerprint density at radius 3 is 2.62 bits per heavy atom. The maximum atomic E-state index is 13.5. The van der Waals surface area contributed by atoms with Crippen molar-refractivity contribution in [3.05, 3.63) is 59.4 Å². The molecule has 26 heavy (non-hydrogen) atoms. The van der Waals surface area contributed by atoms with Crippen LogP contribution in [0.25, 0.3) is 0 Å². The maximum Gasteiger partial charge on any atom is 0.276 e. The Labute approximate surface area is 157 Å². The van der Waals surface area contributed by atoms with Crippen LogP contribution in [0.2, 0.25) is 0 Å². The van der Waals surface area contributed by atoms with Gasteiger partial charge in [0, 0.05) is 0 Å². The van der Waals surface area contributed by atoms with Crippen LogP contribution in [0.4, 0.5) is 10.1 Å². The number of aryl methyl sites for hydroxylation is 1. The lowest BCUT2D eigenvalue weighted by atomic mass is 10.0. The van der Waals surface area contributed by atoms with Crippen molar-refractivity contribution >= 4 is 28.9 Å². The lowest BCUT2D eigenvalue weighted by molar-refractivity contribution is -0.123. The third-order valence-corrected chi connectivity index (χ3v) is 3.88. The summed E-state index contributed by atoms with van der Waals surface area (Å²) in [6.45, 7) is 5.93. The van der Waals surface area contributed by atoms with E-state index < -0.39 is 11.7 Å². The van der Waals surface area contributed by atoms with E-state index in [2.05, 4.69) is 30.0 Å². The summed E-state index contributed by atoms with van der Waals surface area (Å²) in [6.07, 6.45) is 0. The third kappa shape index (κ3) is 5.70. The topological polar surface area (TPSA) is 62.4 Å². The van der Waals surface area contributed by atoms with Crippen LogP contribution >= 0.6 is 12.2 Å². The second kappa shape index (κ2) is 9.15. The number of thiocarbonyl (C=S) groups is 1. The molecule has 0 bridgehead atoms. The summed E-state index contributed by atoms with van der Waals surface area (Å²) in [5.41, 5.74) is 7.23. The van der Waals surface area contributed by atoms with Crippen molar-refractivity contribution in [2.45, 2.75) is 26.7 Å². The number of hydrogen-bond donors (Lipinski definition) is 3. The van der Waals surface area contributed by atoms with Gasteiger partial charge in [-0.1, -0.05) is 38.1 Å². The van der Waals surface area contributed by atoms with Crippen LogP contribution in [0.3, 0.4) is 0 Å². The number of amides is 1. The molecule has 2 aromatic carbocycles. The Kier molecular flexibility index (Phi) is 6.91. The van der Waals surface area contributed by atoms with Crippen LogP contribution in [-0.2, 0) is 4.79 Å². The Balaban J connectivity index is 1.81. The quantitative estimate of drug-likeness (QED) is 0.550. The van der Waals surface area contributed by atoms with Gasteiger partial charge in [-0.3, -0.25) is 15.6 Å². The third-order valence-electron chi connectivity index (χ3n) is 3.68. The molecule has 3 N–H and O–H groups in total. The first kappa shape index (κ1) is 19.7. The Bertz CT molecular complexity index is 796. The van der Waals surface area contributed by atoms with E-state index in [0.717, 1.165) is 11.1 Å². The highest BCUT2D eigenvalue weighted by atomic mass is 32.1. The SMILES string of the molecule is Cc1ccc(C(C)C)cc1OCC(=O)NNC(=S)Nc1ccccc1F. The van der Waals surface area contributed by atoms with Gasteiger partial charge in [0.1, 0.15) is 11.6 Å². The molecule has 0 saturated heterocycles. The molecule has 0 saturated carbocycles. The number of hydrazine groups is 1. The molecule has 5 nitrogen and oxygen atoms in total. The molecular formula is C19H22FN3O2S. The number of nitrogens with one attached hydrogen (secondary N) is 3. The zero-order valence-electron chi connectivity index (χ0n) is 14.9. The molecule has 0 radical (unpaired) electrons. The van der Waals surface area contributed by atoms with Crippen molar-refractivity contribution in [2.24, 2.45) is 0 Å². The summed E-state index contributed by atoms with van der Waals surface area (Å²) in [7, 11) is 0. The molecule has 0 atom stereocenters. The normalized spacial score (nSPS) is 10.3. The van der Waals surface area contributed by atoms with Gasteiger partial charge in [0.25, 0.3) is 5.91 Å². The number of hydrogen-bond acceptors (Lipinski definition) is 3. The molecule has 0 heterocycles. The van der Waals surface area contributed by atoms with Gasteiger partial charge in [0.05, 0.1) is 5.69 Å². The van der Waals surface area contributed by atoms with Gasteiger partial charge in [-0.25, -0.2) is 4.39 Å². The lowest BCUT2D eigenvalue weighted by Crippen LogP contribution is -2.45. The molecule has 0 fully saturated rings. The zero-order chi connectivity index (χ0) is 19.1. The van der Waals surface area contributed by atoms with E-state index in [1.165, 1.54) is 6.07 Å². The molecule has 0 aromatic heterocycles. The lowest BCUT2D eigenvalue weighted by Gasteiger charge is -2.14. The van der Waals surface area contributed by atoms with Gasteiger partial charge < -0.3 is 10.1 Å². The first-order valence-electron chi connectivity index (χ1n) is 8.20. The highest BCUT2D eigenvalue weighted by molar-refractivity contribution is 7.80. The first-order valence-corrected chi connectivity index (χ1v) is 8.61. The molecule has 0 spiro atoms. The molecule has 0 unspecified atom stereocenters. The number of carbonyl (C=O) groups is 1. The minimum absolute atomic E-state index is 0.0708. The number of para-hydroxylation sites is 1. The minimum Gasteiger partial charge on any atom is -0.483 e. The van der Waals surface area contributed by atoms with E-state index in [1.807, 2.05) is 25.1 Å². The van der Waals surface area contributed by atoms with Crippen molar-refractivity contribution in [1.29, 1.82) is 0 Å². The van der Waals surface area contributed by atoms with Gasteiger partial charge in [0.2, 0.25) is 0 Å². The Morgan fingerprint density at radius 2 is 1.92 bits per heavy atom. The monoisotopic (exact) mass is 375 g/mol. The van der Waals surface area contributed by atoms with Crippen LogP contribution in [0.1, 0.15) is 30.9 Å². The summed E-state index contributed by atoms with van der Waals surface area (Å²) in [6, 6.07) is 12.0. The average molecular weight is 375 g/mol. The fourth-order valence-corrected chi connectivity index (χ4v) is 2.31. The molecule has 0 aliphatic carbocycles. The zero-order valence-corrected chi connectivity index (χ0v) is 15.7. The van der Waals surface area contributed by atoms with Crippen LogP contribution in [0.15, 0.2) is 42.5 Å². The summed E-state index contributed by atoms with van der Waals surface area (Å²) in [5, 5.41) is 2.73. The molecular weight excluding hydrogens is 353 g/mol. The van der Waals surface area contributed by atoms with Crippen molar-refractivity contribution in [3.63, 3.8) is 0 Å². The van der Waals surface area contributed by atoms with Crippen molar-refractivity contribution in [3.8, 4) is 5.75 Å². The fraction of sp³-hybridized carbons (Fsp3) is 0.263. The van der Waals surface area contributed by atoms with Gasteiger partial charge in [0.15, 0.2) is 11.7 Å². The molecule has 7 heteroatoms. The second-order valence-corrected chi connectivity index (χ2v) is 6.48. The number of ether oxygens (including phenoxy) is 1. The van der Waals surface area contributed by atoms with Gasteiger partial charge in [-0.2, -0.15) is 0 Å². The van der Waals surface area contributed by atoms with E-state index in [0.29, 0.717) is 11.7 Å². The molecule has 138 valence electrons. The molecule has 2 aromatic rings. The number of anilines is 1. The minimum atomic E-state index is -0.438. The van der Waals surface area contributed by atoms with E-state index in [1.54, 1.807) is 18.2 Å². The predicted octanol–water partition coefficient (Wildman–Crippen LogP) is 3.65. The van der Waals surface area contributed by atoms with E-state index in [-0.39, 0.29) is 17.4 Å². The predicted molar refractivity (Wildman–Crippen MR) is 105 cm³/mol. The molecule has 1 amide bonds. The summed E-state index contributed by atoms with van der Waals surface area (Å²) < 4.78 is 19.1. The van der Waals surface area contributed by atoms with Gasteiger partial charge in [-0.05, 0) is 54.4 Å². The number of rotatable bonds is 5. The summed E-state index contributed by atoms with van der Waals surface area (Å²) in [4.78, 5) is 11.9. The second-order valence-electron chi connectivity index (χ2n) is 6.08. The highest BCUT2D eigenvalue weighted by Crippen LogP contribution is 2.24. The van der Waals surface area contributed by atoms with Crippen LogP contribution < -0.4 is 20.9 Å². The Morgan fingerprint density at radius 1 is 1.19 bits per heavy atom. The van der Waals surface area contributed by atoms with Crippen LogP contribution in [-0.4, -0.2) is 17.6 Å². The first-order chi connectivity index (χ1) is 12.4. The standard InChI is InChI=1S/C19H22FN3O2S/c1-12(2)14-9-8-13(3)17(10-14)25-11-18(24)22-23-19(26)21-16-7-5-4-6-15(16)20/h4-10,12H,11H2,1-3H3,(H,22,24)(H2,21,23,26). The van der Waals surface area contributed by atoms with Gasteiger partial charge >= 0.3 is 0 Å². The van der Waals surface area contributed by atoms with Crippen LogP contribution in [0.5, 0.6) is 5.75 Å². The van der Waals surface area contributed by atoms with Crippen molar-refractivity contribution in [2.75, 3.05) is 11.9 Å². The number of benzene rings is 2. The van der Waals surface area contributed by atoms with Crippen LogP contribution in [0, 0.1) is 12.7 Å². The molecule has 2 rings (SSSR count). The maximum absolute atomic E-state index is 13.5. The molecule has 0 aliphatic rings. The van der Waals surface area contributed by atoms with Crippen molar-refractivity contribution in [1.82, 2.24) is 10.9 Å². The number of halogens is 1. The summed E-state index contributed by atoms with van der Waals surface area (Å²) >= 11 is 5.01. The molecule has 0 aliphatic heterocycles. The smallest absolute Gasteiger partial charge is 0.276 e. The van der Waals surface area contributed by atoms with Crippen molar-refractivity contribution < 1.29 is 13.9 Å². The van der Waals surface area contributed by atoms with E-state index >= 15 is 0 Å². The summed E-state index contributed by atoms with van der Waals surface area (Å²) in [5.74, 6) is 0.192.